The summed E-state index contributed by atoms with van der Waals surface area (Å²) < 4.78 is 0. The van der Waals surface area contributed by atoms with Crippen LogP contribution in [0.15, 0.2) is 12.1 Å². The second-order valence-electron chi connectivity index (χ2n) is 5.28. The summed E-state index contributed by atoms with van der Waals surface area (Å²) in [6, 6.07) is 3.85. The summed E-state index contributed by atoms with van der Waals surface area (Å²) in [5.74, 6) is -2.33. The quantitative estimate of drug-likeness (QED) is 0.562. The van der Waals surface area contributed by atoms with Crippen molar-refractivity contribution >= 4 is 23.5 Å². The van der Waals surface area contributed by atoms with Gasteiger partial charge in [-0.25, -0.2) is 0 Å². The van der Waals surface area contributed by atoms with Crippen molar-refractivity contribution in [3.05, 3.63) is 28.3 Å². The van der Waals surface area contributed by atoms with Gasteiger partial charge < -0.3 is 35.1 Å². The van der Waals surface area contributed by atoms with Crippen molar-refractivity contribution in [2.45, 2.75) is 52.7 Å². The SMILES string of the molecule is CC(O)C(=O)[O-].CC(O)C(=O)[O-].Cc1ccc(C(C)C)c(O)c1Cl.[Zn+2]. The first kappa shape index (κ1) is 28.6. The number of halogens is 1. The fourth-order valence-electron chi connectivity index (χ4n) is 1.15. The van der Waals surface area contributed by atoms with E-state index in [4.69, 9.17) is 21.8 Å². The first-order valence-corrected chi connectivity index (χ1v) is 7.46. The molecule has 25 heavy (non-hydrogen) atoms. The molecule has 1 rings (SSSR count). The zero-order chi connectivity index (χ0) is 19.6. The summed E-state index contributed by atoms with van der Waals surface area (Å²) in [6.45, 7) is 8.21. The number of hydrogen-bond donors (Lipinski definition) is 3. The number of carbonyl (C=O) groups is 2. The van der Waals surface area contributed by atoms with Crippen molar-refractivity contribution in [3.8, 4) is 5.75 Å². The van der Waals surface area contributed by atoms with Crippen LogP contribution in [0.2, 0.25) is 5.02 Å². The van der Waals surface area contributed by atoms with E-state index in [0.29, 0.717) is 10.9 Å². The maximum absolute atomic E-state index is 9.62. The van der Waals surface area contributed by atoms with E-state index in [2.05, 4.69) is 0 Å². The van der Waals surface area contributed by atoms with E-state index in [1.807, 2.05) is 32.9 Å². The van der Waals surface area contributed by atoms with Crippen LogP contribution in [0.5, 0.6) is 5.75 Å². The molecule has 0 spiro atoms. The summed E-state index contributed by atoms with van der Waals surface area (Å²) in [5, 5.41) is 44.7. The molecule has 0 heterocycles. The van der Waals surface area contributed by atoms with Gasteiger partial charge in [0.15, 0.2) is 0 Å². The van der Waals surface area contributed by atoms with Crippen LogP contribution >= 0.6 is 11.6 Å². The van der Waals surface area contributed by atoms with Crippen molar-refractivity contribution in [2.24, 2.45) is 0 Å². The van der Waals surface area contributed by atoms with Crippen LogP contribution in [0.4, 0.5) is 0 Å². The molecule has 0 radical (unpaired) electrons. The molecule has 2 unspecified atom stereocenters. The number of aliphatic hydroxyl groups excluding tert-OH is 2. The molecule has 7 nitrogen and oxygen atoms in total. The molecular weight excluding hydrogens is 405 g/mol. The summed E-state index contributed by atoms with van der Waals surface area (Å²) in [6.07, 6.45) is -2.69. The Balaban J connectivity index is -0.000000319. The Hall–Kier alpha value is -1.21. The molecule has 0 bridgehead atoms. The summed E-state index contributed by atoms with van der Waals surface area (Å²) in [7, 11) is 0. The van der Waals surface area contributed by atoms with Gasteiger partial charge >= 0.3 is 19.5 Å². The minimum absolute atomic E-state index is 0. The fraction of sp³-hybridized carbons (Fsp3) is 0.500. The number of carbonyl (C=O) groups excluding carboxylic acids is 2. The average molecular weight is 428 g/mol. The minimum atomic E-state index is -1.44. The molecule has 3 N–H and O–H groups in total. The third-order valence-electron chi connectivity index (χ3n) is 2.64. The van der Waals surface area contributed by atoms with Gasteiger partial charge in [-0.15, -0.1) is 0 Å². The van der Waals surface area contributed by atoms with Gasteiger partial charge in [0.25, 0.3) is 0 Å². The van der Waals surface area contributed by atoms with Crippen molar-refractivity contribution in [1.82, 2.24) is 0 Å². The van der Waals surface area contributed by atoms with Crippen LogP contribution in [0.25, 0.3) is 0 Å². The van der Waals surface area contributed by atoms with E-state index in [-0.39, 0.29) is 25.2 Å². The van der Waals surface area contributed by atoms with Gasteiger partial charge in [-0.3, -0.25) is 0 Å². The number of rotatable bonds is 3. The Labute approximate surface area is 165 Å². The third kappa shape index (κ3) is 12.8. The summed E-state index contributed by atoms with van der Waals surface area (Å²) in [5.41, 5.74) is 1.82. The number of carboxylic acids is 2. The summed E-state index contributed by atoms with van der Waals surface area (Å²) >= 11 is 5.88. The van der Waals surface area contributed by atoms with Gasteiger partial charge in [-0.05, 0) is 37.8 Å². The van der Waals surface area contributed by atoms with E-state index in [1.54, 1.807) is 0 Å². The van der Waals surface area contributed by atoms with Crippen LogP contribution < -0.4 is 10.2 Å². The normalized spacial score (nSPS) is 11.7. The van der Waals surface area contributed by atoms with Crippen molar-refractivity contribution < 1.29 is 54.6 Å². The van der Waals surface area contributed by atoms with Gasteiger partial charge in [0.2, 0.25) is 0 Å². The van der Waals surface area contributed by atoms with Gasteiger partial charge in [-0.2, -0.15) is 0 Å². The molecule has 0 amide bonds. The second kappa shape index (κ2) is 14.0. The molecule has 2 atom stereocenters. The van der Waals surface area contributed by atoms with Crippen LogP contribution in [0.3, 0.4) is 0 Å². The largest absolute Gasteiger partial charge is 2.00 e. The predicted molar refractivity (Wildman–Crippen MR) is 85.3 cm³/mol. The molecular formula is C16H23ClO7Zn. The van der Waals surface area contributed by atoms with Crippen LogP contribution in [-0.2, 0) is 29.1 Å². The monoisotopic (exact) mass is 426 g/mol. The number of aliphatic hydroxyl groups is 2. The van der Waals surface area contributed by atoms with Crippen LogP contribution in [0, 0.1) is 6.92 Å². The summed E-state index contributed by atoms with van der Waals surface area (Å²) in [4.78, 5) is 18.7. The Bertz CT molecular complexity index is 528. The molecule has 138 valence electrons. The predicted octanol–water partition coefficient (Wildman–Crippen LogP) is -0.291. The maximum Gasteiger partial charge on any atom is 2.00 e. The number of phenolic OH excluding ortho intramolecular Hbond substituents is 1. The Morgan fingerprint density at radius 2 is 1.32 bits per heavy atom. The molecule has 0 aromatic heterocycles. The zero-order valence-corrected chi connectivity index (χ0v) is 18.7. The first-order valence-electron chi connectivity index (χ1n) is 7.08. The van der Waals surface area contributed by atoms with E-state index in [9.17, 15) is 24.9 Å². The molecule has 0 aliphatic rings. The number of benzene rings is 1. The number of aryl methyl sites for hydroxylation is 1. The van der Waals surface area contributed by atoms with E-state index in [1.165, 1.54) is 0 Å². The van der Waals surface area contributed by atoms with Gasteiger partial charge in [0.1, 0.15) is 5.75 Å². The molecule has 1 aromatic rings. The smallest absolute Gasteiger partial charge is 0.547 e. The average Bonchev–Trinajstić information content (AvgIpc) is 2.45. The van der Waals surface area contributed by atoms with Gasteiger partial charge in [0.05, 0.1) is 29.2 Å². The van der Waals surface area contributed by atoms with Crippen molar-refractivity contribution in [2.75, 3.05) is 0 Å². The number of hydrogen-bond acceptors (Lipinski definition) is 7. The van der Waals surface area contributed by atoms with Crippen LogP contribution in [-0.4, -0.2) is 39.5 Å². The topological polar surface area (TPSA) is 141 Å². The molecule has 1 aromatic carbocycles. The number of carboxylic acid groups (broad SMARTS) is 2. The van der Waals surface area contributed by atoms with E-state index >= 15 is 0 Å². The van der Waals surface area contributed by atoms with Crippen molar-refractivity contribution in [1.29, 1.82) is 0 Å². The molecule has 0 saturated heterocycles. The molecule has 0 saturated carbocycles. The van der Waals surface area contributed by atoms with Gasteiger partial charge in [0, 0.05) is 0 Å². The molecule has 0 aliphatic heterocycles. The third-order valence-corrected chi connectivity index (χ3v) is 3.12. The first-order chi connectivity index (χ1) is 10.8. The maximum atomic E-state index is 9.62. The Morgan fingerprint density at radius 3 is 1.56 bits per heavy atom. The van der Waals surface area contributed by atoms with E-state index in [0.717, 1.165) is 25.0 Å². The molecule has 0 aliphatic carbocycles. The Kier molecular flexibility index (Phi) is 16.0. The zero-order valence-electron chi connectivity index (χ0n) is 14.9. The molecule has 9 heteroatoms. The van der Waals surface area contributed by atoms with Crippen LogP contribution in [0.1, 0.15) is 44.7 Å². The fourth-order valence-corrected chi connectivity index (χ4v) is 1.32. The number of aliphatic carboxylic acids is 2. The number of aromatic hydroxyl groups is 1. The Morgan fingerprint density at radius 1 is 1.00 bits per heavy atom. The number of phenols is 1. The molecule has 0 fully saturated rings. The van der Waals surface area contributed by atoms with Crippen molar-refractivity contribution in [3.63, 3.8) is 0 Å². The standard InChI is InChI=1S/C10H13ClO.2C3H6O3.Zn/c1-6(2)8-5-4-7(3)9(11)10(8)12;2*1-2(4)3(5)6;/h4-6,12H,1-3H3;2*2,4H,1H3,(H,5,6);/q;;;+2/p-2. The van der Waals surface area contributed by atoms with E-state index < -0.39 is 24.1 Å². The minimum Gasteiger partial charge on any atom is -0.547 e. The van der Waals surface area contributed by atoms with Gasteiger partial charge in [-0.1, -0.05) is 37.6 Å². The second-order valence-corrected chi connectivity index (χ2v) is 5.66.